The SMILES string of the molecule is [CH2]CCc1cc(Cl)cc(C(F)(F)F)c1. The molecule has 1 radical (unpaired) electrons. The summed E-state index contributed by atoms with van der Waals surface area (Å²) in [5, 5.41) is 0.114. The molecule has 0 amide bonds. The Kier molecular flexibility index (Phi) is 3.43. The van der Waals surface area contributed by atoms with Gasteiger partial charge in [0.15, 0.2) is 0 Å². The number of rotatable bonds is 2. The predicted molar refractivity (Wildman–Crippen MR) is 50.1 cm³/mol. The largest absolute Gasteiger partial charge is 0.416 e. The maximum atomic E-state index is 12.3. The lowest BCUT2D eigenvalue weighted by Gasteiger charge is -2.09. The number of hydrogen-bond donors (Lipinski definition) is 0. The van der Waals surface area contributed by atoms with Crippen LogP contribution in [-0.4, -0.2) is 0 Å². The highest BCUT2D eigenvalue weighted by atomic mass is 35.5. The second-order valence-electron chi connectivity index (χ2n) is 2.95. The van der Waals surface area contributed by atoms with Gasteiger partial charge in [-0.2, -0.15) is 13.2 Å². The molecule has 4 heteroatoms. The summed E-state index contributed by atoms with van der Waals surface area (Å²) in [6.07, 6.45) is -3.28. The lowest BCUT2D eigenvalue weighted by Crippen LogP contribution is -2.05. The van der Waals surface area contributed by atoms with Gasteiger partial charge in [0.1, 0.15) is 0 Å². The molecule has 0 bridgehead atoms. The summed E-state index contributed by atoms with van der Waals surface area (Å²) in [6, 6.07) is 3.56. The monoisotopic (exact) mass is 221 g/mol. The first-order valence-corrected chi connectivity index (χ1v) is 4.47. The van der Waals surface area contributed by atoms with Crippen LogP contribution in [0.2, 0.25) is 5.02 Å². The number of alkyl halides is 3. The minimum atomic E-state index is -4.33. The smallest absolute Gasteiger partial charge is 0.166 e. The molecule has 1 aromatic rings. The maximum absolute atomic E-state index is 12.3. The van der Waals surface area contributed by atoms with Crippen LogP contribution in [0.4, 0.5) is 13.2 Å². The van der Waals surface area contributed by atoms with E-state index in [4.69, 9.17) is 11.6 Å². The Balaban J connectivity index is 3.07. The summed E-state index contributed by atoms with van der Waals surface area (Å²) in [4.78, 5) is 0. The zero-order chi connectivity index (χ0) is 10.8. The Labute approximate surface area is 85.7 Å². The van der Waals surface area contributed by atoms with Crippen LogP contribution in [0.5, 0.6) is 0 Å². The predicted octanol–water partition coefficient (Wildman–Crippen LogP) is 4.13. The van der Waals surface area contributed by atoms with Crippen molar-refractivity contribution >= 4 is 11.6 Å². The van der Waals surface area contributed by atoms with Gasteiger partial charge in [-0.1, -0.05) is 18.5 Å². The summed E-state index contributed by atoms with van der Waals surface area (Å²) >= 11 is 5.57. The molecule has 1 aromatic carbocycles. The lowest BCUT2D eigenvalue weighted by atomic mass is 10.1. The van der Waals surface area contributed by atoms with Crippen molar-refractivity contribution in [2.24, 2.45) is 0 Å². The van der Waals surface area contributed by atoms with E-state index >= 15 is 0 Å². The Morgan fingerprint density at radius 3 is 2.36 bits per heavy atom. The molecule has 0 spiro atoms. The highest BCUT2D eigenvalue weighted by Crippen LogP contribution is 2.32. The minimum absolute atomic E-state index is 0.114. The number of hydrogen-bond acceptors (Lipinski definition) is 0. The van der Waals surface area contributed by atoms with Crippen LogP contribution >= 0.6 is 11.6 Å². The summed E-state index contributed by atoms with van der Waals surface area (Å²) < 4.78 is 36.9. The van der Waals surface area contributed by atoms with Gasteiger partial charge in [-0.15, -0.1) is 0 Å². The van der Waals surface area contributed by atoms with E-state index in [1.807, 2.05) is 0 Å². The van der Waals surface area contributed by atoms with Crippen LogP contribution in [0.3, 0.4) is 0 Å². The van der Waals surface area contributed by atoms with Gasteiger partial charge in [0.2, 0.25) is 0 Å². The highest BCUT2D eigenvalue weighted by molar-refractivity contribution is 6.30. The van der Waals surface area contributed by atoms with Gasteiger partial charge in [-0.05, 0) is 36.6 Å². The fourth-order valence-corrected chi connectivity index (χ4v) is 1.42. The van der Waals surface area contributed by atoms with Crippen LogP contribution in [-0.2, 0) is 12.6 Å². The van der Waals surface area contributed by atoms with Gasteiger partial charge in [0.25, 0.3) is 0 Å². The molecule has 0 aromatic heterocycles. The first-order chi connectivity index (χ1) is 6.43. The van der Waals surface area contributed by atoms with E-state index in [9.17, 15) is 13.2 Å². The third-order valence-corrected chi connectivity index (χ3v) is 1.97. The molecule has 0 saturated carbocycles. The molecule has 0 aliphatic heterocycles. The Morgan fingerprint density at radius 1 is 1.21 bits per heavy atom. The van der Waals surface area contributed by atoms with Crippen molar-refractivity contribution in [3.8, 4) is 0 Å². The molecule has 0 heterocycles. The summed E-state index contributed by atoms with van der Waals surface area (Å²) in [5.41, 5.74) is -0.131. The van der Waals surface area contributed by atoms with Gasteiger partial charge in [0.05, 0.1) is 5.56 Å². The van der Waals surface area contributed by atoms with E-state index in [1.54, 1.807) is 0 Å². The van der Waals surface area contributed by atoms with Gasteiger partial charge < -0.3 is 0 Å². The van der Waals surface area contributed by atoms with E-state index in [0.29, 0.717) is 18.4 Å². The molecule has 77 valence electrons. The fraction of sp³-hybridized carbons (Fsp3) is 0.300. The van der Waals surface area contributed by atoms with E-state index < -0.39 is 11.7 Å². The highest BCUT2D eigenvalue weighted by Gasteiger charge is 2.30. The molecule has 0 nitrogen and oxygen atoms in total. The van der Waals surface area contributed by atoms with Crippen molar-refractivity contribution in [1.82, 2.24) is 0 Å². The van der Waals surface area contributed by atoms with Crippen LogP contribution in [0.25, 0.3) is 0 Å². The van der Waals surface area contributed by atoms with Crippen molar-refractivity contribution in [3.05, 3.63) is 41.3 Å². The molecule has 1 rings (SSSR count). The number of benzene rings is 1. The summed E-state index contributed by atoms with van der Waals surface area (Å²) in [7, 11) is 0. The van der Waals surface area contributed by atoms with E-state index in [0.717, 1.165) is 12.1 Å². The molecule has 0 N–H and O–H groups in total. The zero-order valence-electron chi connectivity index (χ0n) is 7.37. The van der Waals surface area contributed by atoms with Crippen molar-refractivity contribution in [2.75, 3.05) is 0 Å². The standard InChI is InChI=1S/C10H9ClF3/c1-2-3-7-4-8(10(12,13)14)6-9(11)5-7/h4-6H,1-3H2. The first kappa shape index (κ1) is 11.4. The average molecular weight is 222 g/mol. The zero-order valence-corrected chi connectivity index (χ0v) is 8.12. The molecule has 0 unspecified atom stereocenters. The third-order valence-electron chi connectivity index (χ3n) is 1.75. The third kappa shape index (κ3) is 2.91. The molecule has 0 saturated heterocycles. The minimum Gasteiger partial charge on any atom is -0.166 e. The van der Waals surface area contributed by atoms with E-state index in [-0.39, 0.29) is 5.02 Å². The first-order valence-electron chi connectivity index (χ1n) is 4.09. The molecular formula is C10H9ClF3. The maximum Gasteiger partial charge on any atom is 0.416 e. The normalized spacial score (nSPS) is 11.8. The summed E-state index contributed by atoms with van der Waals surface area (Å²) in [6.45, 7) is 3.58. The quantitative estimate of drug-likeness (QED) is 0.705. The topological polar surface area (TPSA) is 0 Å². The molecule has 14 heavy (non-hydrogen) atoms. The van der Waals surface area contributed by atoms with Crippen LogP contribution in [0.1, 0.15) is 17.5 Å². The molecule has 0 atom stereocenters. The van der Waals surface area contributed by atoms with Gasteiger partial charge in [-0.3, -0.25) is 0 Å². The van der Waals surface area contributed by atoms with E-state index in [1.165, 1.54) is 6.07 Å². The second kappa shape index (κ2) is 4.22. The molecule has 0 fully saturated rings. The van der Waals surface area contributed by atoms with Gasteiger partial charge >= 0.3 is 6.18 Å². The summed E-state index contributed by atoms with van der Waals surface area (Å²) in [5.74, 6) is 0. The molecular weight excluding hydrogens is 213 g/mol. The van der Waals surface area contributed by atoms with E-state index in [2.05, 4.69) is 6.92 Å². The number of aryl methyl sites for hydroxylation is 1. The van der Waals surface area contributed by atoms with Crippen molar-refractivity contribution in [3.63, 3.8) is 0 Å². The Morgan fingerprint density at radius 2 is 1.86 bits per heavy atom. The van der Waals surface area contributed by atoms with Gasteiger partial charge in [0, 0.05) is 5.02 Å². The Hall–Kier alpha value is -0.700. The van der Waals surface area contributed by atoms with Crippen molar-refractivity contribution < 1.29 is 13.2 Å². The van der Waals surface area contributed by atoms with Crippen LogP contribution in [0.15, 0.2) is 18.2 Å². The number of halogens is 4. The van der Waals surface area contributed by atoms with Gasteiger partial charge in [-0.25, -0.2) is 0 Å². The van der Waals surface area contributed by atoms with Crippen molar-refractivity contribution in [2.45, 2.75) is 19.0 Å². The molecule has 0 aliphatic rings. The van der Waals surface area contributed by atoms with Crippen LogP contribution < -0.4 is 0 Å². The van der Waals surface area contributed by atoms with Crippen molar-refractivity contribution in [1.29, 1.82) is 0 Å². The fourth-order valence-electron chi connectivity index (χ4n) is 1.16. The van der Waals surface area contributed by atoms with Crippen LogP contribution in [0, 0.1) is 6.92 Å². The lowest BCUT2D eigenvalue weighted by molar-refractivity contribution is -0.137. The average Bonchev–Trinajstić information content (AvgIpc) is 2.02. The Bertz CT molecular complexity index is 318. The second-order valence-corrected chi connectivity index (χ2v) is 3.39. The molecule has 0 aliphatic carbocycles.